The van der Waals surface area contributed by atoms with Crippen molar-refractivity contribution in [2.24, 2.45) is 4.99 Å². The first-order valence-electron chi connectivity index (χ1n) is 14.8. The van der Waals surface area contributed by atoms with E-state index in [0.29, 0.717) is 35.1 Å². The number of methoxy groups -OCH3 is 1. The molecule has 0 aromatic heterocycles. The number of aliphatic carboxylic acids is 2. The van der Waals surface area contributed by atoms with Gasteiger partial charge in [-0.2, -0.15) is 5.26 Å². The molecule has 0 saturated carbocycles. The number of dihydropyridines is 1. The number of benzene rings is 2. The lowest BCUT2D eigenvalue weighted by molar-refractivity contribution is -0.133. The van der Waals surface area contributed by atoms with Crippen molar-refractivity contribution in [2.45, 2.75) is 51.4 Å². The highest BCUT2D eigenvalue weighted by atomic mass is 16.5. The Labute approximate surface area is 257 Å². The smallest absolute Gasteiger partial charge is 0.334 e. The van der Waals surface area contributed by atoms with Crippen molar-refractivity contribution in [3.63, 3.8) is 0 Å². The molecule has 2 aliphatic rings. The number of carbonyl (C=O) groups is 2. The molecule has 0 atom stereocenters. The number of unbranched alkanes of at least 4 members (excludes halogenated alkanes) is 1. The zero-order valence-electron chi connectivity index (χ0n) is 25.4. The lowest BCUT2D eigenvalue weighted by Gasteiger charge is -2.32. The quantitative estimate of drug-likeness (QED) is 0.107. The fourth-order valence-corrected chi connectivity index (χ4v) is 6.04. The van der Waals surface area contributed by atoms with Gasteiger partial charge in [-0.15, -0.1) is 4.99 Å². The molecule has 4 rings (SSSR count). The molecule has 0 unspecified atom stereocenters. The summed E-state index contributed by atoms with van der Waals surface area (Å²) in [6, 6.07) is 15.2. The van der Waals surface area contributed by atoms with Gasteiger partial charge in [0.05, 0.1) is 24.2 Å². The van der Waals surface area contributed by atoms with Crippen LogP contribution in [0.4, 0.5) is 5.69 Å². The third-order valence-electron chi connectivity index (χ3n) is 8.21. The Bertz CT molecular complexity index is 1460. The molecule has 232 valence electrons. The van der Waals surface area contributed by atoms with E-state index in [1.165, 1.54) is 5.56 Å². The Balaban J connectivity index is 1.30. The van der Waals surface area contributed by atoms with Gasteiger partial charge in [-0.25, -0.2) is 9.59 Å². The highest BCUT2D eigenvalue weighted by Crippen LogP contribution is 2.39. The molecule has 1 fully saturated rings. The van der Waals surface area contributed by atoms with Crippen LogP contribution in [0.3, 0.4) is 0 Å². The van der Waals surface area contributed by atoms with Crippen molar-refractivity contribution in [3.05, 3.63) is 82.2 Å². The van der Waals surface area contributed by atoms with Gasteiger partial charge in [0.2, 0.25) is 12.2 Å². The zero-order chi connectivity index (χ0) is 31.6. The maximum atomic E-state index is 12.1. The van der Waals surface area contributed by atoms with Crippen molar-refractivity contribution >= 4 is 23.6 Å². The first-order chi connectivity index (χ1) is 21.2. The molecule has 2 heterocycles. The number of nitrogens with one attached hydrogen (secondary N) is 3. The van der Waals surface area contributed by atoms with Crippen molar-refractivity contribution in [2.75, 3.05) is 38.6 Å². The monoisotopic (exact) mass is 600 g/mol. The van der Waals surface area contributed by atoms with Crippen molar-refractivity contribution < 1.29 is 24.5 Å². The number of guanidine groups is 1. The summed E-state index contributed by atoms with van der Waals surface area (Å²) in [4.78, 5) is 30.6. The summed E-state index contributed by atoms with van der Waals surface area (Å²) in [5, 5.41) is 38.2. The molecule has 0 radical (unpaired) electrons. The van der Waals surface area contributed by atoms with E-state index < -0.39 is 17.9 Å². The molecular weight excluding hydrogens is 560 g/mol. The van der Waals surface area contributed by atoms with E-state index in [4.69, 9.17) is 4.74 Å². The average Bonchev–Trinajstić information content (AvgIpc) is 3.00. The van der Waals surface area contributed by atoms with Crippen molar-refractivity contribution in [1.82, 2.24) is 15.5 Å². The van der Waals surface area contributed by atoms with Gasteiger partial charge in [0.15, 0.2) is 0 Å². The fourth-order valence-electron chi connectivity index (χ4n) is 6.04. The average molecular weight is 601 g/mol. The number of carboxylic acid groups (broad SMARTS) is 2. The summed E-state index contributed by atoms with van der Waals surface area (Å²) in [5.41, 5.74) is 3.10. The van der Waals surface area contributed by atoms with Crippen LogP contribution < -0.4 is 20.7 Å². The molecule has 0 spiro atoms. The molecule has 0 amide bonds. The molecule has 11 heteroatoms. The van der Waals surface area contributed by atoms with Crippen LogP contribution in [0.2, 0.25) is 0 Å². The number of aliphatic imine (C=N–C) groups is 1. The number of hydrogen-bond acceptors (Lipinski definition) is 7. The first-order valence-corrected chi connectivity index (χ1v) is 14.8. The van der Waals surface area contributed by atoms with Gasteiger partial charge in [0.25, 0.3) is 0 Å². The van der Waals surface area contributed by atoms with Crippen LogP contribution in [0.1, 0.15) is 62.5 Å². The highest BCUT2D eigenvalue weighted by Gasteiger charge is 2.36. The standard InChI is InChI=1S/C33H40N6O5/c1-21-28(31(40)41)30(29(32(42)43)22(2)37-21)25-9-6-10-26(18-25)38-33(36-20-34)35-14-4-5-15-39-16-12-23(13-17-39)24-8-7-11-27(19-24)44-3/h6-11,18-19,23,30,37H,4-5,12-17H2,1-3H3,(H,40,41)(H,42,43)(H2,35,36,38). The van der Waals surface area contributed by atoms with Crippen LogP contribution in [0.25, 0.3) is 0 Å². The zero-order valence-corrected chi connectivity index (χ0v) is 25.4. The summed E-state index contributed by atoms with van der Waals surface area (Å²) in [6.45, 7) is 6.96. The van der Waals surface area contributed by atoms with Gasteiger partial charge in [-0.1, -0.05) is 24.3 Å². The maximum Gasteiger partial charge on any atom is 0.334 e. The van der Waals surface area contributed by atoms with Crippen molar-refractivity contribution in [1.29, 1.82) is 5.26 Å². The number of allylic oxidation sites excluding steroid dienone is 2. The van der Waals surface area contributed by atoms with Gasteiger partial charge >= 0.3 is 11.9 Å². The van der Waals surface area contributed by atoms with Crippen LogP contribution in [-0.2, 0) is 9.59 Å². The number of rotatable bonds is 11. The maximum absolute atomic E-state index is 12.1. The van der Waals surface area contributed by atoms with Gasteiger partial charge in [0, 0.05) is 23.6 Å². The summed E-state index contributed by atoms with van der Waals surface area (Å²) in [5.74, 6) is -1.64. The van der Waals surface area contributed by atoms with Crippen molar-refractivity contribution in [3.8, 4) is 11.9 Å². The van der Waals surface area contributed by atoms with Gasteiger partial charge in [0.1, 0.15) is 5.75 Å². The summed E-state index contributed by atoms with van der Waals surface area (Å²) < 4.78 is 5.38. The molecule has 44 heavy (non-hydrogen) atoms. The Morgan fingerprint density at radius 3 is 2.32 bits per heavy atom. The number of nitriles is 1. The predicted octanol–water partition coefficient (Wildman–Crippen LogP) is 4.60. The Kier molecular flexibility index (Phi) is 11.0. The first kappa shape index (κ1) is 32.1. The Morgan fingerprint density at radius 1 is 1.02 bits per heavy atom. The summed E-state index contributed by atoms with van der Waals surface area (Å²) >= 11 is 0. The Morgan fingerprint density at radius 2 is 1.68 bits per heavy atom. The summed E-state index contributed by atoms with van der Waals surface area (Å²) in [7, 11) is 1.70. The van der Waals surface area contributed by atoms with Gasteiger partial charge < -0.3 is 35.8 Å². The molecule has 0 aliphatic carbocycles. The van der Waals surface area contributed by atoms with E-state index >= 15 is 0 Å². The van der Waals surface area contributed by atoms with E-state index in [2.05, 4.69) is 44.0 Å². The fraction of sp³-hybridized carbons (Fsp3) is 0.394. The number of anilines is 1. The molecule has 0 bridgehead atoms. The molecule has 11 nitrogen and oxygen atoms in total. The molecule has 2 aromatic carbocycles. The van der Waals surface area contributed by atoms with Crippen LogP contribution in [0.5, 0.6) is 5.75 Å². The normalized spacial score (nSPS) is 16.7. The number of likely N-dealkylation sites (tertiary alicyclic amines) is 1. The van der Waals surface area contributed by atoms with E-state index in [9.17, 15) is 25.1 Å². The van der Waals surface area contributed by atoms with Crippen LogP contribution in [0.15, 0.2) is 76.1 Å². The number of carboxylic acids is 2. The number of ether oxygens (including phenoxy) is 1. The molecular formula is C33H40N6O5. The number of piperidine rings is 1. The minimum Gasteiger partial charge on any atom is -0.497 e. The third kappa shape index (κ3) is 7.96. The topological polar surface area (TPSA) is 159 Å². The lowest BCUT2D eigenvalue weighted by Crippen LogP contribution is -2.35. The van der Waals surface area contributed by atoms with Crippen LogP contribution in [0, 0.1) is 11.5 Å². The second kappa shape index (κ2) is 15.1. The summed E-state index contributed by atoms with van der Waals surface area (Å²) in [6.07, 6.45) is 5.93. The minimum absolute atomic E-state index is 0.0290. The lowest BCUT2D eigenvalue weighted by atomic mass is 9.80. The third-order valence-corrected chi connectivity index (χ3v) is 8.21. The number of nitrogens with zero attached hydrogens (tertiary/aromatic N) is 3. The van der Waals surface area contributed by atoms with E-state index in [1.807, 2.05) is 12.3 Å². The largest absolute Gasteiger partial charge is 0.497 e. The number of hydrogen-bond donors (Lipinski definition) is 5. The van der Waals surface area contributed by atoms with Crippen LogP contribution >= 0.6 is 0 Å². The van der Waals surface area contributed by atoms with Crippen LogP contribution in [-0.4, -0.2) is 66.3 Å². The van der Waals surface area contributed by atoms with E-state index in [0.717, 1.165) is 51.1 Å². The van der Waals surface area contributed by atoms with E-state index in [1.54, 1.807) is 45.2 Å². The van der Waals surface area contributed by atoms with Gasteiger partial charge in [-0.3, -0.25) is 0 Å². The molecule has 2 aliphatic heterocycles. The second-order valence-corrected chi connectivity index (χ2v) is 11.1. The predicted molar refractivity (Wildman–Crippen MR) is 168 cm³/mol. The highest BCUT2D eigenvalue weighted by molar-refractivity contribution is 5.99. The molecule has 1 saturated heterocycles. The Hall–Kier alpha value is -4.82. The minimum atomic E-state index is -1.20. The molecule has 5 N–H and O–H groups in total. The van der Waals surface area contributed by atoms with Gasteiger partial charge in [-0.05, 0) is 100 Å². The second-order valence-electron chi connectivity index (χ2n) is 11.1. The molecule has 2 aromatic rings. The SMILES string of the molecule is COc1cccc(C2CCN(CCCCN/C(=N\C#N)Nc3cccc(C4C(C(=O)O)=C(C)NC(C)=C4C(=O)O)c3)CC2)c1. The van der Waals surface area contributed by atoms with E-state index in [-0.39, 0.29) is 17.1 Å².